The molecule has 0 spiro atoms. The SMILES string of the molecule is COc1cc2c(c3ccccc13)C(CCl)CN2C(=O)CCCC(=O)N1CCc2c1cc(OC1CC(O)C(O)C(CO)O1)c1ccccc21. The van der Waals surface area contributed by atoms with Crippen LogP contribution in [0.1, 0.15) is 42.7 Å². The Bertz CT molecular complexity index is 1870. The van der Waals surface area contributed by atoms with E-state index in [1.807, 2.05) is 60.7 Å². The predicted molar refractivity (Wildman–Crippen MR) is 183 cm³/mol. The van der Waals surface area contributed by atoms with Gasteiger partial charge < -0.3 is 39.3 Å². The number of ether oxygens (including phenoxy) is 3. The van der Waals surface area contributed by atoms with Crippen molar-refractivity contribution in [3.8, 4) is 11.5 Å². The van der Waals surface area contributed by atoms with E-state index >= 15 is 0 Å². The van der Waals surface area contributed by atoms with Crippen LogP contribution >= 0.6 is 11.6 Å². The summed E-state index contributed by atoms with van der Waals surface area (Å²) in [4.78, 5) is 30.8. The standard InChI is InChI=1S/C37H39ClN2O8/c1-46-30-16-28-36(26-10-5-4-9-25(26)30)21(18-38)19-40(28)34(44)12-6-11-33(43)39-14-13-23-22-7-2-3-8-24(22)31(15-27(23)39)47-35-17-29(42)37(45)32(20-41)48-35/h2-5,7-10,15-16,21,29,32,35,37,41-42,45H,6,11-14,17-20H2,1H3. The molecule has 3 aliphatic rings. The number of fused-ring (bicyclic) bond motifs is 6. The molecule has 48 heavy (non-hydrogen) atoms. The van der Waals surface area contributed by atoms with Crippen LogP contribution in [0.4, 0.5) is 11.4 Å². The lowest BCUT2D eigenvalue weighted by molar-refractivity contribution is -0.229. The first-order valence-electron chi connectivity index (χ1n) is 16.4. The first-order chi connectivity index (χ1) is 23.3. The minimum absolute atomic E-state index is 0.00254. The molecular weight excluding hydrogens is 636 g/mol. The average Bonchev–Trinajstić information content (AvgIpc) is 3.71. The molecule has 2 amide bonds. The number of alkyl halides is 1. The Hall–Kier alpha value is -3.93. The Labute approximate surface area is 283 Å². The number of amides is 2. The van der Waals surface area contributed by atoms with Gasteiger partial charge in [-0.05, 0) is 34.7 Å². The number of carbonyl (C=O) groups excluding carboxylic acids is 2. The maximum absolute atomic E-state index is 13.6. The first-order valence-corrected chi connectivity index (χ1v) is 17.0. The molecule has 4 aromatic carbocycles. The van der Waals surface area contributed by atoms with E-state index in [2.05, 4.69) is 0 Å². The Morgan fingerprint density at radius 2 is 1.56 bits per heavy atom. The van der Waals surface area contributed by atoms with Crippen LogP contribution in [-0.4, -0.2) is 84.4 Å². The molecule has 7 rings (SSSR count). The monoisotopic (exact) mass is 674 g/mol. The molecule has 3 heterocycles. The molecule has 10 nitrogen and oxygen atoms in total. The zero-order chi connectivity index (χ0) is 33.5. The van der Waals surface area contributed by atoms with Crippen LogP contribution in [0, 0.1) is 0 Å². The van der Waals surface area contributed by atoms with Crippen LogP contribution in [0.5, 0.6) is 11.5 Å². The molecule has 0 radical (unpaired) electrons. The van der Waals surface area contributed by atoms with Gasteiger partial charge in [-0.2, -0.15) is 0 Å². The van der Waals surface area contributed by atoms with Crippen molar-refractivity contribution in [2.45, 2.75) is 62.6 Å². The molecule has 0 saturated carbocycles. The van der Waals surface area contributed by atoms with Gasteiger partial charge in [-0.1, -0.05) is 48.5 Å². The van der Waals surface area contributed by atoms with Crippen molar-refractivity contribution in [1.29, 1.82) is 0 Å². The molecule has 1 fully saturated rings. The van der Waals surface area contributed by atoms with Gasteiger partial charge in [0, 0.05) is 67.1 Å². The highest BCUT2D eigenvalue weighted by Gasteiger charge is 2.38. The van der Waals surface area contributed by atoms with Crippen LogP contribution < -0.4 is 19.3 Å². The molecule has 5 unspecified atom stereocenters. The Balaban J connectivity index is 1.07. The fourth-order valence-corrected chi connectivity index (χ4v) is 7.73. The molecule has 3 N–H and O–H groups in total. The number of aliphatic hydroxyl groups is 3. The first kappa shape index (κ1) is 32.6. The van der Waals surface area contributed by atoms with Crippen molar-refractivity contribution >= 4 is 56.3 Å². The summed E-state index contributed by atoms with van der Waals surface area (Å²) < 4.78 is 17.6. The summed E-state index contributed by atoms with van der Waals surface area (Å²) in [5, 5.41) is 33.9. The minimum Gasteiger partial charge on any atom is -0.496 e. The summed E-state index contributed by atoms with van der Waals surface area (Å²) in [6, 6.07) is 19.5. The van der Waals surface area contributed by atoms with E-state index in [1.54, 1.807) is 16.9 Å². The number of carbonyl (C=O) groups is 2. The number of hydrogen-bond donors (Lipinski definition) is 3. The summed E-state index contributed by atoms with van der Waals surface area (Å²) in [7, 11) is 1.63. The van der Waals surface area contributed by atoms with Crippen molar-refractivity contribution in [2.75, 3.05) is 42.5 Å². The highest BCUT2D eigenvalue weighted by molar-refractivity contribution is 6.19. The molecule has 3 aliphatic heterocycles. The number of rotatable bonds is 9. The Morgan fingerprint density at radius 1 is 0.917 bits per heavy atom. The fourth-order valence-electron chi connectivity index (χ4n) is 7.48. The fraction of sp³-hybridized carbons (Fsp3) is 0.405. The van der Waals surface area contributed by atoms with E-state index in [0.29, 0.717) is 43.3 Å². The van der Waals surface area contributed by atoms with Gasteiger partial charge in [0.05, 0.1) is 31.2 Å². The van der Waals surface area contributed by atoms with E-state index in [-0.39, 0.29) is 37.0 Å². The average molecular weight is 675 g/mol. The smallest absolute Gasteiger partial charge is 0.227 e. The van der Waals surface area contributed by atoms with Gasteiger partial charge >= 0.3 is 0 Å². The number of nitrogens with zero attached hydrogens (tertiary/aromatic N) is 2. The van der Waals surface area contributed by atoms with Gasteiger partial charge in [0.15, 0.2) is 0 Å². The summed E-state index contributed by atoms with van der Waals surface area (Å²) >= 11 is 6.40. The summed E-state index contributed by atoms with van der Waals surface area (Å²) in [5.41, 5.74) is 3.65. The van der Waals surface area contributed by atoms with E-state index in [9.17, 15) is 24.9 Å². The van der Waals surface area contributed by atoms with E-state index in [0.717, 1.165) is 44.0 Å². The normalized spacial score (nSPS) is 23.4. The van der Waals surface area contributed by atoms with E-state index in [4.69, 9.17) is 25.8 Å². The lowest BCUT2D eigenvalue weighted by Crippen LogP contribution is -2.51. The third-order valence-corrected chi connectivity index (χ3v) is 10.2. The van der Waals surface area contributed by atoms with Gasteiger partial charge in [0.1, 0.15) is 23.7 Å². The van der Waals surface area contributed by atoms with E-state index < -0.39 is 31.2 Å². The maximum Gasteiger partial charge on any atom is 0.227 e. The van der Waals surface area contributed by atoms with E-state index in [1.165, 1.54) is 0 Å². The Kier molecular flexibility index (Phi) is 9.19. The maximum atomic E-state index is 13.6. The van der Waals surface area contributed by atoms with Crippen molar-refractivity contribution in [1.82, 2.24) is 0 Å². The zero-order valence-electron chi connectivity index (χ0n) is 26.7. The van der Waals surface area contributed by atoms with Gasteiger partial charge in [0.2, 0.25) is 18.1 Å². The number of halogens is 1. The second kappa shape index (κ2) is 13.5. The van der Waals surface area contributed by atoms with Crippen LogP contribution in [-0.2, 0) is 20.7 Å². The summed E-state index contributed by atoms with van der Waals surface area (Å²) in [6.07, 6.45) is -2.70. The number of benzene rings is 4. The lowest BCUT2D eigenvalue weighted by atomic mass is 9.95. The van der Waals surface area contributed by atoms with Gasteiger partial charge in [-0.15, -0.1) is 11.6 Å². The molecule has 252 valence electrons. The third kappa shape index (κ3) is 5.75. The highest BCUT2D eigenvalue weighted by atomic mass is 35.5. The van der Waals surface area contributed by atoms with Crippen LogP contribution in [0.2, 0.25) is 0 Å². The summed E-state index contributed by atoms with van der Waals surface area (Å²) in [6.45, 7) is 0.533. The van der Waals surface area contributed by atoms with Crippen molar-refractivity contribution in [3.05, 3.63) is 71.8 Å². The second-order valence-electron chi connectivity index (χ2n) is 12.7. The van der Waals surface area contributed by atoms with Crippen molar-refractivity contribution in [3.63, 3.8) is 0 Å². The molecule has 11 heteroatoms. The topological polar surface area (TPSA) is 129 Å². The van der Waals surface area contributed by atoms with Crippen molar-refractivity contribution in [2.24, 2.45) is 0 Å². The molecule has 5 atom stereocenters. The second-order valence-corrected chi connectivity index (χ2v) is 13.0. The van der Waals surface area contributed by atoms with Gasteiger partial charge in [-0.3, -0.25) is 9.59 Å². The van der Waals surface area contributed by atoms with Crippen molar-refractivity contribution < 1.29 is 39.1 Å². The number of aliphatic hydroxyl groups excluding tert-OH is 3. The predicted octanol–water partition coefficient (Wildman–Crippen LogP) is 4.64. The lowest BCUT2D eigenvalue weighted by Gasteiger charge is -2.36. The number of hydrogen-bond acceptors (Lipinski definition) is 8. The largest absolute Gasteiger partial charge is 0.496 e. The highest BCUT2D eigenvalue weighted by Crippen LogP contribution is 2.46. The van der Waals surface area contributed by atoms with Crippen LogP contribution in [0.15, 0.2) is 60.7 Å². The molecule has 1 saturated heterocycles. The molecule has 0 aliphatic carbocycles. The molecular formula is C37H39ClN2O8. The number of methoxy groups -OCH3 is 1. The molecule has 0 aromatic heterocycles. The third-order valence-electron chi connectivity index (χ3n) is 9.86. The van der Waals surface area contributed by atoms with Crippen LogP contribution in [0.25, 0.3) is 21.5 Å². The molecule has 4 aromatic rings. The van der Waals surface area contributed by atoms with Gasteiger partial charge in [-0.25, -0.2) is 0 Å². The minimum atomic E-state index is -1.21. The summed E-state index contributed by atoms with van der Waals surface area (Å²) in [5.74, 6) is 1.43. The molecule has 0 bridgehead atoms. The number of anilines is 2. The zero-order valence-corrected chi connectivity index (χ0v) is 27.4. The quantitative estimate of drug-likeness (QED) is 0.219. The van der Waals surface area contributed by atoms with Gasteiger partial charge in [0.25, 0.3) is 0 Å². The Morgan fingerprint density at radius 3 is 2.25 bits per heavy atom. The van der Waals surface area contributed by atoms with Crippen LogP contribution in [0.3, 0.4) is 0 Å².